The first-order valence-corrected chi connectivity index (χ1v) is 10.5. The van der Waals surface area contributed by atoms with Crippen molar-refractivity contribution in [2.24, 2.45) is 5.92 Å². The summed E-state index contributed by atoms with van der Waals surface area (Å²) in [5.74, 6) is -1.25. The van der Waals surface area contributed by atoms with Crippen LogP contribution in [0, 0.1) is 5.92 Å². The van der Waals surface area contributed by atoms with Gasteiger partial charge in [-0.15, -0.1) is 0 Å². The van der Waals surface area contributed by atoms with E-state index >= 15 is 0 Å². The lowest BCUT2D eigenvalue weighted by Gasteiger charge is -2.28. The van der Waals surface area contributed by atoms with Crippen LogP contribution in [0.3, 0.4) is 0 Å². The average Bonchev–Trinajstić information content (AvgIpc) is 3.36. The Labute approximate surface area is 184 Å². The number of hydroxylamine groups is 1. The monoisotopic (exact) mass is 421 g/mol. The number of hydrogen-bond acceptors (Lipinski definition) is 5. The second kappa shape index (κ2) is 7.28. The number of aromatic nitrogens is 1. The highest BCUT2D eigenvalue weighted by molar-refractivity contribution is 6.24. The summed E-state index contributed by atoms with van der Waals surface area (Å²) < 4.78 is 0. The Morgan fingerprint density at radius 2 is 1.44 bits per heavy atom. The lowest BCUT2D eigenvalue weighted by molar-refractivity contribution is -0.126. The maximum absolute atomic E-state index is 13.7. The summed E-state index contributed by atoms with van der Waals surface area (Å²) in [6.45, 7) is 0. The normalized spacial score (nSPS) is 22.6. The fourth-order valence-electron chi connectivity index (χ4n) is 4.68. The number of benzene rings is 3. The minimum atomic E-state index is -0.882. The summed E-state index contributed by atoms with van der Waals surface area (Å²) in [6, 6.07) is 26.3. The summed E-state index contributed by atoms with van der Waals surface area (Å²) in [5, 5.41) is 3.72. The van der Waals surface area contributed by atoms with E-state index in [0.29, 0.717) is 5.69 Å². The lowest BCUT2D eigenvalue weighted by Crippen LogP contribution is -2.37. The van der Waals surface area contributed by atoms with Crippen molar-refractivity contribution in [3.8, 4) is 0 Å². The van der Waals surface area contributed by atoms with Gasteiger partial charge in [-0.1, -0.05) is 48.5 Å². The van der Waals surface area contributed by atoms with Crippen LogP contribution in [-0.2, 0) is 14.4 Å². The van der Waals surface area contributed by atoms with Crippen LogP contribution in [-0.4, -0.2) is 22.9 Å². The lowest BCUT2D eigenvalue weighted by atomic mass is 9.91. The molecular weight excluding hydrogens is 402 g/mol. The van der Waals surface area contributed by atoms with Gasteiger partial charge >= 0.3 is 0 Å². The minimum Gasteiger partial charge on any atom is -0.273 e. The van der Waals surface area contributed by atoms with Crippen LogP contribution in [0.4, 0.5) is 11.4 Å². The van der Waals surface area contributed by atoms with Gasteiger partial charge in [0.05, 0.1) is 17.4 Å². The van der Waals surface area contributed by atoms with Gasteiger partial charge in [0, 0.05) is 12.4 Å². The average molecular weight is 421 g/mol. The number of pyridine rings is 1. The number of para-hydroxylation sites is 1. The van der Waals surface area contributed by atoms with Crippen molar-refractivity contribution in [1.82, 2.24) is 4.98 Å². The second-order valence-corrected chi connectivity index (χ2v) is 7.98. The quantitative estimate of drug-likeness (QED) is 0.462. The molecule has 0 spiro atoms. The fourth-order valence-corrected chi connectivity index (χ4v) is 4.68. The number of carbonyl (C=O) groups is 2. The Morgan fingerprint density at radius 3 is 2.22 bits per heavy atom. The standard InChI is InChI=1S/C26H19N3O3/c30-25-22-23(18-12-14-27-15-13-18)29(20-8-2-1-3-9-20)32-24(22)26(31)28(25)21-11-10-17-6-4-5-7-19(17)16-21/h1-16,22-24H. The molecule has 2 aliphatic rings. The highest BCUT2D eigenvalue weighted by atomic mass is 16.7. The maximum atomic E-state index is 13.7. The van der Waals surface area contributed by atoms with E-state index in [0.717, 1.165) is 22.0 Å². The topological polar surface area (TPSA) is 62.7 Å². The smallest absolute Gasteiger partial charge is 0.266 e. The first-order chi connectivity index (χ1) is 15.7. The summed E-state index contributed by atoms with van der Waals surface area (Å²) in [4.78, 5) is 38.6. The molecule has 3 atom stereocenters. The second-order valence-electron chi connectivity index (χ2n) is 7.98. The molecule has 0 N–H and O–H groups in total. The zero-order chi connectivity index (χ0) is 21.7. The number of hydrogen-bond donors (Lipinski definition) is 0. The van der Waals surface area contributed by atoms with Crippen molar-refractivity contribution in [3.63, 3.8) is 0 Å². The Bertz CT molecular complexity index is 1330. The maximum Gasteiger partial charge on any atom is 0.266 e. The number of imide groups is 1. The van der Waals surface area contributed by atoms with E-state index in [4.69, 9.17) is 4.84 Å². The van der Waals surface area contributed by atoms with Crippen LogP contribution in [0.5, 0.6) is 0 Å². The molecule has 2 saturated heterocycles. The third-order valence-corrected chi connectivity index (χ3v) is 6.16. The molecule has 3 heterocycles. The molecule has 32 heavy (non-hydrogen) atoms. The number of carbonyl (C=O) groups excluding carboxylic acids is 2. The van der Waals surface area contributed by atoms with E-state index in [-0.39, 0.29) is 11.8 Å². The number of nitrogens with zero attached hydrogens (tertiary/aromatic N) is 3. The van der Waals surface area contributed by atoms with E-state index in [1.165, 1.54) is 4.90 Å². The SMILES string of the molecule is O=C1C2ON(c3ccccc3)C(c3ccncc3)C2C(=O)N1c1ccc2ccccc2c1. The molecule has 156 valence electrons. The summed E-state index contributed by atoms with van der Waals surface area (Å²) in [5.41, 5.74) is 2.23. The zero-order valence-corrected chi connectivity index (χ0v) is 17.0. The highest BCUT2D eigenvalue weighted by Crippen LogP contribution is 2.47. The largest absolute Gasteiger partial charge is 0.273 e. The van der Waals surface area contributed by atoms with Crippen molar-refractivity contribution in [3.05, 3.63) is 103 Å². The number of amides is 2. The van der Waals surface area contributed by atoms with Gasteiger partial charge in [0.1, 0.15) is 5.92 Å². The van der Waals surface area contributed by atoms with Crippen LogP contribution >= 0.6 is 0 Å². The molecule has 2 aliphatic heterocycles. The molecule has 3 unspecified atom stereocenters. The molecule has 0 aliphatic carbocycles. The molecule has 0 bridgehead atoms. The number of rotatable bonds is 3. The van der Waals surface area contributed by atoms with Gasteiger partial charge in [0.25, 0.3) is 5.91 Å². The van der Waals surface area contributed by atoms with Crippen molar-refractivity contribution in [1.29, 1.82) is 0 Å². The molecule has 2 amide bonds. The molecule has 6 nitrogen and oxygen atoms in total. The number of fused-ring (bicyclic) bond motifs is 2. The molecule has 4 aromatic rings. The Hall–Kier alpha value is -4.03. The first kappa shape index (κ1) is 18.7. The molecule has 0 saturated carbocycles. The summed E-state index contributed by atoms with van der Waals surface area (Å²) >= 11 is 0. The fraction of sp³-hybridized carbons (Fsp3) is 0.115. The summed E-state index contributed by atoms with van der Waals surface area (Å²) in [7, 11) is 0. The van der Waals surface area contributed by atoms with Crippen LogP contribution in [0.1, 0.15) is 11.6 Å². The van der Waals surface area contributed by atoms with Gasteiger partial charge < -0.3 is 0 Å². The van der Waals surface area contributed by atoms with Gasteiger partial charge in [0.15, 0.2) is 6.10 Å². The third-order valence-electron chi connectivity index (χ3n) is 6.16. The van der Waals surface area contributed by atoms with E-state index in [1.54, 1.807) is 17.5 Å². The van der Waals surface area contributed by atoms with Gasteiger partial charge in [0.2, 0.25) is 5.91 Å². The first-order valence-electron chi connectivity index (χ1n) is 10.5. The van der Waals surface area contributed by atoms with Gasteiger partial charge in [-0.25, -0.2) is 9.96 Å². The molecule has 2 fully saturated rings. The van der Waals surface area contributed by atoms with Crippen molar-refractivity contribution in [2.75, 3.05) is 9.96 Å². The molecule has 1 aromatic heterocycles. The summed E-state index contributed by atoms with van der Waals surface area (Å²) in [6.07, 6.45) is 2.50. The predicted molar refractivity (Wildman–Crippen MR) is 121 cm³/mol. The minimum absolute atomic E-state index is 0.254. The van der Waals surface area contributed by atoms with Crippen LogP contribution in [0.25, 0.3) is 10.8 Å². The predicted octanol–water partition coefficient (Wildman–Crippen LogP) is 4.29. The van der Waals surface area contributed by atoms with Gasteiger partial charge in [-0.2, -0.15) is 0 Å². The van der Waals surface area contributed by atoms with E-state index in [1.807, 2.05) is 84.9 Å². The molecular formula is C26H19N3O3. The third kappa shape index (κ3) is 2.81. The van der Waals surface area contributed by atoms with Crippen molar-refractivity contribution in [2.45, 2.75) is 12.1 Å². The molecule has 6 heteroatoms. The van der Waals surface area contributed by atoms with Crippen LogP contribution in [0.2, 0.25) is 0 Å². The molecule has 6 rings (SSSR count). The Morgan fingerprint density at radius 1 is 0.719 bits per heavy atom. The Balaban J connectivity index is 1.43. The number of anilines is 2. The van der Waals surface area contributed by atoms with Gasteiger partial charge in [-0.3, -0.25) is 19.4 Å². The zero-order valence-electron chi connectivity index (χ0n) is 17.0. The van der Waals surface area contributed by atoms with Crippen molar-refractivity contribution < 1.29 is 14.4 Å². The van der Waals surface area contributed by atoms with E-state index in [2.05, 4.69) is 4.98 Å². The van der Waals surface area contributed by atoms with E-state index < -0.39 is 18.1 Å². The van der Waals surface area contributed by atoms with Crippen LogP contribution in [0.15, 0.2) is 97.3 Å². The van der Waals surface area contributed by atoms with Crippen LogP contribution < -0.4 is 9.96 Å². The Kier molecular flexibility index (Phi) is 4.26. The molecule has 0 radical (unpaired) electrons. The molecule has 3 aromatic carbocycles. The van der Waals surface area contributed by atoms with E-state index in [9.17, 15) is 9.59 Å². The highest BCUT2D eigenvalue weighted by Gasteiger charge is 2.60. The van der Waals surface area contributed by atoms with Crippen molar-refractivity contribution >= 4 is 34.0 Å². The van der Waals surface area contributed by atoms with Gasteiger partial charge in [-0.05, 0) is 52.7 Å².